The van der Waals surface area contributed by atoms with E-state index in [0.717, 1.165) is 5.56 Å². The third-order valence-corrected chi connectivity index (χ3v) is 3.51. The minimum atomic E-state index is -0.912. The number of hydrogen-bond acceptors (Lipinski definition) is 3. The van der Waals surface area contributed by atoms with Crippen molar-refractivity contribution in [3.63, 3.8) is 0 Å². The Labute approximate surface area is 111 Å². The summed E-state index contributed by atoms with van der Waals surface area (Å²) < 4.78 is 0. The maximum absolute atomic E-state index is 10.9. The molecule has 1 aromatic rings. The molecule has 2 atom stereocenters. The van der Waals surface area contributed by atoms with Crippen molar-refractivity contribution in [3.8, 4) is 0 Å². The maximum atomic E-state index is 10.9. The van der Waals surface area contributed by atoms with Crippen molar-refractivity contribution < 1.29 is 15.0 Å². The van der Waals surface area contributed by atoms with Crippen LogP contribution < -0.4 is 0 Å². The molecule has 5 heteroatoms. The number of aliphatic hydroxyl groups excluding tert-OH is 1. The number of carbonyl (C=O) groups is 1. The van der Waals surface area contributed by atoms with E-state index in [1.807, 2.05) is 24.3 Å². The molecule has 0 bridgehead atoms. The molecule has 0 aromatic heterocycles. The van der Waals surface area contributed by atoms with Gasteiger partial charge in [-0.05, 0) is 30.7 Å². The second-order valence-corrected chi connectivity index (χ2v) is 5.10. The lowest BCUT2D eigenvalue weighted by Gasteiger charge is -2.33. The predicted molar refractivity (Wildman–Crippen MR) is 68.5 cm³/mol. The lowest BCUT2D eigenvalue weighted by Crippen LogP contribution is -2.46. The standard InChI is InChI=1S/C13H16ClNO3/c14-10-3-1-2-9(6-10)7-15-5-4-11(13(17)18)12(16)8-15/h1-3,6,11-12,16H,4-5,7-8H2,(H,17,18)/t11-,12+/m0/s1. The van der Waals surface area contributed by atoms with Crippen molar-refractivity contribution in [2.45, 2.75) is 19.1 Å². The van der Waals surface area contributed by atoms with Crippen molar-refractivity contribution in [2.24, 2.45) is 5.92 Å². The number of aliphatic hydroxyl groups is 1. The Hall–Kier alpha value is -1.10. The zero-order chi connectivity index (χ0) is 13.1. The molecule has 0 unspecified atom stereocenters. The van der Waals surface area contributed by atoms with Crippen LogP contribution in [0.2, 0.25) is 5.02 Å². The molecule has 0 radical (unpaired) electrons. The van der Waals surface area contributed by atoms with Crippen molar-refractivity contribution in [2.75, 3.05) is 13.1 Å². The fraction of sp³-hybridized carbons (Fsp3) is 0.462. The molecule has 1 fully saturated rings. The molecule has 98 valence electrons. The summed E-state index contributed by atoms with van der Waals surface area (Å²) in [4.78, 5) is 12.9. The molecule has 0 spiro atoms. The Morgan fingerprint density at radius 2 is 2.28 bits per heavy atom. The summed E-state index contributed by atoms with van der Waals surface area (Å²) in [5.74, 6) is -1.55. The Bertz CT molecular complexity index is 438. The summed E-state index contributed by atoms with van der Waals surface area (Å²) in [6.07, 6.45) is -0.313. The van der Waals surface area contributed by atoms with Crippen LogP contribution in [0.25, 0.3) is 0 Å². The number of aliphatic carboxylic acids is 1. The van der Waals surface area contributed by atoms with E-state index >= 15 is 0 Å². The lowest BCUT2D eigenvalue weighted by molar-refractivity contribution is -0.148. The highest BCUT2D eigenvalue weighted by Gasteiger charge is 2.32. The van der Waals surface area contributed by atoms with Gasteiger partial charge in [0.2, 0.25) is 0 Å². The molecule has 2 rings (SSSR count). The van der Waals surface area contributed by atoms with Crippen LogP contribution in [-0.2, 0) is 11.3 Å². The maximum Gasteiger partial charge on any atom is 0.309 e. The van der Waals surface area contributed by atoms with Gasteiger partial charge in [-0.3, -0.25) is 9.69 Å². The van der Waals surface area contributed by atoms with Crippen molar-refractivity contribution in [1.82, 2.24) is 4.90 Å². The molecule has 1 aliphatic heterocycles. The summed E-state index contributed by atoms with van der Waals surface area (Å²) in [5, 5.41) is 19.4. The smallest absolute Gasteiger partial charge is 0.309 e. The van der Waals surface area contributed by atoms with E-state index in [1.165, 1.54) is 0 Å². The molecule has 1 aliphatic rings. The first-order chi connectivity index (χ1) is 8.56. The minimum absolute atomic E-state index is 0.392. The summed E-state index contributed by atoms with van der Waals surface area (Å²) in [6.45, 7) is 1.76. The average Bonchev–Trinajstić information content (AvgIpc) is 2.28. The molecule has 0 amide bonds. The van der Waals surface area contributed by atoms with Crippen molar-refractivity contribution >= 4 is 17.6 Å². The van der Waals surface area contributed by atoms with Crippen LogP contribution >= 0.6 is 11.6 Å². The molecule has 2 N–H and O–H groups in total. The van der Waals surface area contributed by atoms with Crippen molar-refractivity contribution in [3.05, 3.63) is 34.9 Å². The summed E-state index contributed by atoms with van der Waals surface area (Å²) in [5.41, 5.74) is 1.07. The predicted octanol–water partition coefficient (Wildman–Crippen LogP) is 1.61. The summed E-state index contributed by atoms with van der Waals surface area (Å²) in [6, 6.07) is 7.56. The van der Waals surface area contributed by atoms with Gasteiger partial charge in [0.05, 0.1) is 12.0 Å². The first kappa shape index (κ1) is 13.3. The van der Waals surface area contributed by atoms with E-state index < -0.39 is 18.0 Å². The number of likely N-dealkylation sites (tertiary alicyclic amines) is 1. The largest absolute Gasteiger partial charge is 0.481 e. The molecular weight excluding hydrogens is 254 g/mol. The van der Waals surface area contributed by atoms with E-state index in [2.05, 4.69) is 4.90 Å². The number of hydrogen-bond donors (Lipinski definition) is 2. The van der Waals surface area contributed by atoms with Gasteiger partial charge < -0.3 is 10.2 Å². The van der Waals surface area contributed by atoms with Gasteiger partial charge >= 0.3 is 5.97 Å². The van der Waals surface area contributed by atoms with Gasteiger partial charge in [0.1, 0.15) is 0 Å². The Balaban J connectivity index is 1.95. The Morgan fingerprint density at radius 3 is 2.89 bits per heavy atom. The molecule has 1 heterocycles. The van der Waals surface area contributed by atoms with Gasteiger partial charge in [0.25, 0.3) is 0 Å². The zero-order valence-electron chi connectivity index (χ0n) is 9.92. The number of rotatable bonds is 3. The number of piperidine rings is 1. The van der Waals surface area contributed by atoms with Crippen LogP contribution in [-0.4, -0.2) is 40.3 Å². The number of carboxylic acids is 1. The number of halogens is 1. The molecule has 1 saturated heterocycles. The number of carboxylic acid groups (broad SMARTS) is 1. The van der Waals surface area contributed by atoms with E-state index in [4.69, 9.17) is 16.7 Å². The van der Waals surface area contributed by atoms with Crippen LogP contribution in [0.1, 0.15) is 12.0 Å². The van der Waals surface area contributed by atoms with Crippen LogP contribution in [0.3, 0.4) is 0 Å². The van der Waals surface area contributed by atoms with Crippen LogP contribution in [0.15, 0.2) is 24.3 Å². The van der Waals surface area contributed by atoms with Gasteiger partial charge in [0.15, 0.2) is 0 Å². The number of benzene rings is 1. The SMILES string of the molecule is O=C(O)[C@H]1CCN(Cc2cccc(Cl)c2)C[C@H]1O. The van der Waals surface area contributed by atoms with Crippen LogP contribution in [0.4, 0.5) is 0 Å². The highest BCUT2D eigenvalue weighted by molar-refractivity contribution is 6.30. The lowest BCUT2D eigenvalue weighted by atomic mass is 9.94. The van der Waals surface area contributed by atoms with Gasteiger partial charge in [-0.25, -0.2) is 0 Å². The van der Waals surface area contributed by atoms with E-state index in [9.17, 15) is 9.90 Å². The fourth-order valence-corrected chi connectivity index (χ4v) is 2.54. The third-order valence-electron chi connectivity index (χ3n) is 3.28. The second-order valence-electron chi connectivity index (χ2n) is 4.67. The zero-order valence-corrected chi connectivity index (χ0v) is 10.7. The molecule has 0 saturated carbocycles. The molecule has 4 nitrogen and oxygen atoms in total. The monoisotopic (exact) mass is 269 g/mol. The Kier molecular flexibility index (Phi) is 4.22. The van der Waals surface area contributed by atoms with Gasteiger partial charge in [-0.15, -0.1) is 0 Å². The van der Waals surface area contributed by atoms with Gasteiger partial charge in [-0.2, -0.15) is 0 Å². The molecule has 18 heavy (non-hydrogen) atoms. The second kappa shape index (κ2) is 5.69. The Morgan fingerprint density at radius 1 is 1.50 bits per heavy atom. The first-order valence-electron chi connectivity index (χ1n) is 5.94. The van der Waals surface area contributed by atoms with Crippen LogP contribution in [0.5, 0.6) is 0 Å². The van der Waals surface area contributed by atoms with E-state index in [-0.39, 0.29) is 0 Å². The highest BCUT2D eigenvalue weighted by atomic mass is 35.5. The average molecular weight is 270 g/mol. The first-order valence-corrected chi connectivity index (χ1v) is 6.31. The highest BCUT2D eigenvalue weighted by Crippen LogP contribution is 2.20. The fourth-order valence-electron chi connectivity index (χ4n) is 2.32. The number of β-amino-alcohol motifs (C(OH)–C–C–N with tert-alkyl or cyclic N) is 1. The molecular formula is C13H16ClNO3. The minimum Gasteiger partial charge on any atom is -0.481 e. The van der Waals surface area contributed by atoms with E-state index in [0.29, 0.717) is 31.1 Å². The van der Waals surface area contributed by atoms with Gasteiger partial charge in [0, 0.05) is 18.1 Å². The molecule has 0 aliphatic carbocycles. The topological polar surface area (TPSA) is 60.8 Å². The number of nitrogens with zero attached hydrogens (tertiary/aromatic N) is 1. The normalized spacial score (nSPS) is 25.0. The van der Waals surface area contributed by atoms with Gasteiger partial charge in [-0.1, -0.05) is 23.7 Å². The quantitative estimate of drug-likeness (QED) is 0.875. The van der Waals surface area contributed by atoms with Crippen LogP contribution in [0, 0.1) is 5.92 Å². The van der Waals surface area contributed by atoms with Crippen molar-refractivity contribution in [1.29, 1.82) is 0 Å². The summed E-state index contributed by atoms with van der Waals surface area (Å²) in [7, 11) is 0. The van der Waals surface area contributed by atoms with E-state index in [1.54, 1.807) is 0 Å². The summed E-state index contributed by atoms with van der Waals surface area (Å²) >= 11 is 5.91. The third kappa shape index (κ3) is 3.22. The molecule has 1 aromatic carbocycles.